The highest BCUT2D eigenvalue weighted by atomic mass is 32.2. The third-order valence-electron chi connectivity index (χ3n) is 5.68. The molecule has 0 aliphatic carbocycles. The lowest BCUT2D eigenvalue weighted by Gasteiger charge is -2.28. The van der Waals surface area contributed by atoms with Gasteiger partial charge in [-0.3, -0.25) is 14.1 Å². The third-order valence-corrected chi connectivity index (χ3v) is 7.80. The summed E-state index contributed by atoms with van der Waals surface area (Å²) in [7, 11) is -4.93. The van der Waals surface area contributed by atoms with E-state index in [-0.39, 0.29) is 31.3 Å². The highest BCUT2D eigenvalue weighted by Gasteiger charge is 2.38. The number of amides is 3. The topological polar surface area (TPSA) is 171 Å². The van der Waals surface area contributed by atoms with Gasteiger partial charge >= 0.3 is 6.09 Å². The number of hydrogen-bond donors (Lipinski definition) is 5. The fourth-order valence-corrected chi connectivity index (χ4v) is 5.52. The highest BCUT2D eigenvalue weighted by molar-refractivity contribution is 8.00. The van der Waals surface area contributed by atoms with Crippen molar-refractivity contribution in [2.24, 2.45) is 11.8 Å². The summed E-state index contributed by atoms with van der Waals surface area (Å²) in [6.07, 6.45) is -0.450. The maximum absolute atomic E-state index is 13.1. The normalized spacial score (nSPS) is 18.6. The van der Waals surface area contributed by atoms with Gasteiger partial charge in [0.25, 0.3) is 10.1 Å². The predicted molar refractivity (Wildman–Crippen MR) is 139 cm³/mol. The molecule has 1 aliphatic heterocycles. The summed E-state index contributed by atoms with van der Waals surface area (Å²) in [6, 6.07) is 7.04. The number of carbonyl (C=O) groups is 3. The Morgan fingerprint density at radius 2 is 1.86 bits per heavy atom. The number of rotatable bonds is 13. The fourth-order valence-electron chi connectivity index (χ4n) is 3.88. The van der Waals surface area contributed by atoms with Crippen LogP contribution in [0.2, 0.25) is 0 Å². The van der Waals surface area contributed by atoms with Crippen LogP contribution in [0.4, 0.5) is 4.79 Å². The SMILES string of the molecule is CC(C)C[C@H](NC(=O)OCC(C)(C)Sc1ccccc1)C(=O)N[C@@H](C[C@@H]1CCNC1=O)[C@H](O)S(=O)(=O)O. The maximum Gasteiger partial charge on any atom is 0.407 e. The van der Waals surface area contributed by atoms with Crippen molar-refractivity contribution in [2.45, 2.75) is 74.1 Å². The Morgan fingerprint density at radius 3 is 2.41 bits per heavy atom. The number of nitrogens with one attached hydrogen (secondary N) is 3. The summed E-state index contributed by atoms with van der Waals surface area (Å²) in [5, 5.41) is 17.7. The molecule has 13 heteroatoms. The minimum atomic E-state index is -4.93. The molecule has 0 saturated carbocycles. The number of ether oxygens (including phenoxy) is 1. The van der Waals surface area contributed by atoms with Gasteiger partial charge in [-0.2, -0.15) is 8.42 Å². The zero-order chi connectivity index (χ0) is 27.8. The summed E-state index contributed by atoms with van der Waals surface area (Å²) in [4.78, 5) is 38.6. The molecule has 0 spiro atoms. The molecule has 0 aromatic heterocycles. The second kappa shape index (κ2) is 13.4. The van der Waals surface area contributed by atoms with Crippen LogP contribution in [0.1, 0.15) is 47.0 Å². The predicted octanol–water partition coefficient (Wildman–Crippen LogP) is 1.92. The van der Waals surface area contributed by atoms with Gasteiger partial charge in [0.15, 0.2) is 0 Å². The van der Waals surface area contributed by atoms with E-state index in [1.54, 1.807) is 0 Å². The molecule has 1 aliphatic rings. The van der Waals surface area contributed by atoms with Crippen molar-refractivity contribution >= 4 is 39.8 Å². The summed E-state index contributed by atoms with van der Waals surface area (Å²) in [5.41, 5.74) is -2.34. The molecule has 4 atom stereocenters. The molecule has 0 unspecified atom stereocenters. The van der Waals surface area contributed by atoms with Crippen LogP contribution in [-0.4, -0.2) is 71.4 Å². The molecule has 0 bridgehead atoms. The lowest BCUT2D eigenvalue weighted by Crippen LogP contribution is -2.55. The van der Waals surface area contributed by atoms with Crippen LogP contribution in [0.25, 0.3) is 0 Å². The molecular weight excluding hydrogens is 522 g/mol. The van der Waals surface area contributed by atoms with Crippen LogP contribution in [-0.2, 0) is 24.4 Å². The smallest absolute Gasteiger partial charge is 0.407 e. The fraction of sp³-hybridized carbons (Fsp3) is 0.625. The van der Waals surface area contributed by atoms with Gasteiger partial charge in [-0.25, -0.2) is 4.79 Å². The average molecular weight is 560 g/mol. The number of alkyl carbamates (subject to hydrolysis) is 1. The second-order valence-electron chi connectivity index (χ2n) is 10.1. The average Bonchev–Trinajstić information content (AvgIpc) is 3.20. The van der Waals surface area contributed by atoms with Crippen LogP contribution in [0.3, 0.4) is 0 Å². The molecule has 1 saturated heterocycles. The molecule has 1 aromatic carbocycles. The lowest BCUT2D eigenvalue weighted by molar-refractivity contribution is -0.126. The van der Waals surface area contributed by atoms with E-state index in [0.29, 0.717) is 13.0 Å². The Balaban J connectivity index is 2.05. The van der Waals surface area contributed by atoms with Crippen molar-refractivity contribution in [1.82, 2.24) is 16.0 Å². The number of carbonyl (C=O) groups excluding carboxylic acids is 3. The number of benzene rings is 1. The first-order chi connectivity index (χ1) is 17.2. The van der Waals surface area contributed by atoms with Gasteiger partial charge in [0, 0.05) is 22.1 Å². The molecule has 11 nitrogen and oxygen atoms in total. The second-order valence-corrected chi connectivity index (χ2v) is 13.4. The molecular formula is C24H37N3O8S2. The van der Waals surface area contributed by atoms with Crippen LogP contribution >= 0.6 is 11.8 Å². The summed E-state index contributed by atoms with van der Waals surface area (Å²) in [5.74, 6) is -1.79. The van der Waals surface area contributed by atoms with Gasteiger partial charge in [0.1, 0.15) is 12.6 Å². The largest absolute Gasteiger partial charge is 0.448 e. The molecule has 1 fully saturated rings. The Labute approximate surface area is 222 Å². The van der Waals surface area contributed by atoms with Crippen molar-refractivity contribution in [3.8, 4) is 0 Å². The van der Waals surface area contributed by atoms with Gasteiger partial charge in [-0.15, -0.1) is 11.8 Å². The maximum atomic E-state index is 13.1. The lowest BCUT2D eigenvalue weighted by atomic mass is 9.97. The van der Waals surface area contributed by atoms with Crippen molar-refractivity contribution in [3.63, 3.8) is 0 Å². The molecule has 1 heterocycles. The van der Waals surface area contributed by atoms with Crippen molar-refractivity contribution in [2.75, 3.05) is 13.2 Å². The number of aliphatic hydroxyl groups excluding tert-OH is 1. The monoisotopic (exact) mass is 559 g/mol. The van der Waals surface area contributed by atoms with Gasteiger partial charge in [-0.1, -0.05) is 32.0 Å². The Bertz CT molecular complexity index is 1030. The molecule has 1 aromatic rings. The van der Waals surface area contributed by atoms with Crippen molar-refractivity contribution in [1.29, 1.82) is 0 Å². The zero-order valence-electron chi connectivity index (χ0n) is 21.5. The number of aliphatic hydroxyl groups is 1. The third kappa shape index (κ3) is 10.5. The summed E-state index contributed by atoms with van der Waals surface area (Å²) >= 11 is 1.53. The van der Waals surface area contributed by atoms with Gasteiger partial charge < -0.3 is 25.8 Å². The van der Waals surface area contributed by atoms with E-state index in [9.17, 15) is 32.5 Å². The van der Waals surface area contributed by atoms with Crippen molar-refractivity contribution in [3.05, 3.63) is 30.3 Å². The molecule has 2 rings (SSSR count). The minimum absolute atomic E-state index is 0.0355. The summed E-state index contributed by atoms with van der Waals surface area (Å²) < 4.78 is 37.5. The van der Waals surface area contributed by atoms with Gasteiger partial charge in [0.05, 0.1) is 6.04 Å². The molecule has 5 N–H and O–H groups in total. The van der Waals surface area contributed by atoms with E-state index in [4.69, 9.17) is 4.74 Å². The van der Waals surface area contributed by atoms with E-state index < -0.39 is 50.3 Å². The van der Waals surface area contributed by atoms with E-state index in [1.807, 2.05) is 58.0 Å². The number of thioether (sulfide) groups is 1. The quantitative estimate of drug-likeness (QED) is 0.179. The highest BCUT2D eigenvalue weighted by Crippen LogP contribution is 2.32. The Kier molecular flexibility index (Phi) is 11.2. The van der Waals surface area contributed by atoms with E-state index in [0.717, 1.165) is 4.90 Å². The zero-order valence-corrected chi connectivity index (χ0v) is 23.1. The van der Waals surface area contributed by atoms with Crippen LogP contribution in [0, 0.1) is 11.8 Å². The first kappa shape index (κ1) is 30.9. The van der Waals surface area contributed by atoms with Crippen LogP contribution < -0.4 is 16.0 Å². The van der Waals surface area contributed by atoms with E-state index >= 15 is 0 Å². The molecule has 0 radical (unpaired) electrons. The summed E-state index contributed by atoms with van der Waals surface area (Å²) in [6.45, 7) is 7.93. The standard InChI is InChI=1S/C24H37N3O8S2/c1-15(2)12-18(27-23(31)35-14-24(3,4)36-17-8-6-5-7-9-17)21(29)26-19(22(30)37(32,33)34)13-16-10-11-25-20(16)28/h5-9,15-16,18-19,22,30H,10-14H2,1-4H3,(H,25,28)(H,26,29)(H,27,31)(H,32,33,34)/t16-,18-,19-,22+/m0/s1. The van der Waals surface area contributed by atoms with Gasteiger partial charge in [-0.05, 0) is 51.2 Å². The molecule has 3 amide bonds. The first-order valence-corrected chi connectivity index (χ1v) is 14.4. The van der Waals surface area contributed by atoms with Gasteiger partial charge in [0.2, 0.25) is 17.3 Å². The van der Waals surface area contributed by atoms with E-state index in [2.05, 4.69) is 16.0 Å². The first-order valence-electron chi connectivity index (χ1n) is 12.1. The van der Waals surface area contributed by atoms with Crippen LogP contribution in [0.5, 0.6) is 0 Å². The van der Waals surface area contributed by atoms with E-state index in [1.165, 1.54) is 11.8 Å². The Hall–Kier alpha value is -2.35. The number of hydrogen-bond acceptors (Lipinski definition) is 8. The Morgan fingerprint density at radius 1 is 1.22 bits per heavy atom. The molecule has 208 valence electrons. The molecule has 37 heavy (non-hydrogen) atoms. The van der Waals surface area contributed by atoms with Crippen molar-refractivity contribution < 1.29 is 37.2 Å². The minimum Gasteiger partial charge on any atom is -0.448 e. The van der Waals surface area contributed by atoms with Crippen LogP contribution in [0.15, 0.2) is 35.2 Å².